The second-order valence-electron chi connectivity index (χ2n) is 6.66. The van der Waals surface area contributed by atoms with Gasteiger partial charge in [-0.05, 0) is 48.4 Å². The first-order valence-electron chi connectivity index (χ1n) is 8.94. The monoisotopic (exact) mass is 390 g/mol. The molecular formula is C20H26N2O4S. The SMILES string of the molecule is COc1ccc(CN2CCN(S(=O)(=O)c3ccc(OC)cc3C)CC2)cc1. The van der Waals surface area contributed by atoms with Crippen LogP contribution in [0.2, 0.25) is 0 Å². The van der Waals surface area contributed by atoms with E-state index in [4.69, 9.17) is 9.47 Å². The Balaban J connectivity index is 1.63. The number of methoxy groups -OCH3 is 2. The predicted octanol–water partition coefficient (Wildman–Crippen LogP) is 2.52. The third-order valence-corrected chi connectivity index (χ3v) is 6.96. The van der Waals surface area contributed by atoms with Gasteiger partial charge in [-0.25, -0.2) is 8.42 Å². The minimum absolute atomic E-state index is 0.354. The number of hydrogen-bond donors (Lipinski definition) is 0. The molecule has 0 bridgehead atoms. The predicted molar refractivity (Wildman–Crippen MR) is 105 cm³/mol. The summed E-state index contributed by atoms with van der Waals surface area (Å²) >= 11 is 0. The lowest BCUT2D eigenvalue weighted by molar-refractivity contribution is 0.181. The van der Waals surface area contributed by atoms with E-state index in [0.29, 0.717) is 42.4 Å². The smallest absolute Gasteiger partial charge is 0.243 e. The summed E-state index contributed by atoms with van der Waals surface area (Å²) in [5.74, 6) is 1.50. The van der Waals surface area contributed by atoms with Crippen molar-refractivity contribution in [2.45, 2.75) is 18.4 Å². The van der Waals surface area contributed by atoms with E-state index in [1.165, 1.54) is 5.56 Å². The van der Waals surface area contributed by atoms with E-state index >= 15 is 0 Å². The summed E-state index contributed by atoms with van der Waals surface area (Å²) in [6.45, 7) is 5.00. The van der Waals surface area contributed by atoms with Crippen LogP contribution in [0, 0.1) is 6.92 Å². The third kappa shape index (κ3) is 4.43. The maximum Gasteiger partial charge on any atom is 0.243 e. The number of aryl methyl sites for hydroxylation is 1. The van der Waals surface area contributed by atoms with Gasteiger partial charge in [-0.3, -0.25) is 4.90 Å². The molecule has 6 nitrogen and oxygen atoms in total. The van der Waals surface area contributed by atoms with Crippen LogP contribution in [0.1, 0.15) is 11.1 Å². The summed E-state index contributed by atoms with van der Waals surface area (Å²) < 4.78 is 37.9. The zero-order chi connectivity index (χ0) is 19.4. The molecular weight excluding hydrogens is 364 g/mol. The Morgan fingerprint density at radius 1 is 0.889 bits per heavy atom. The molecule has 146 valence electrons. The van der Waals surface area contributed by atoms with Crippen LogP contribution in [0.4, 0.5) is 0 Å². The molecule has 0 spiro atoms. The Morgan fingerprint density at radius 2 is 1.48 bits per heavy atom. The van der Waals surface area contributed by atoms with Crippen LogP contribution in [0.25, 0.3) is 0 Å². The van der Waals surface area contributed by atoms with Crippen LogP contribution in [0.15, 0.2) is 47.4 Å². The highest BCUT2D eigenvalue weighted by Crippen LogP contribution is 2.25. The summed E-state index contributed by atoms with van der Waals surface area (Å²) in [7, 11) is -0.262. The van der Waals surface area contributed by atoms with Gasteiger partial charge in [-0.2, -0.15) is 4.31 Å². The first-order valence-corrected chi connectivity index (χ1v) is 10.4. The lowest BCUT2D eigenvalue weighted by Crippen LogP contribution is -2.48. The number of piperazine rings is 1. The largest absolute Gasteiger partial charge is 0.497 e. The van der Waals surface area contributed by atoms with Gasteiger partial charge in [0.25, 0.3) is 0 Å². The van der Waals surface area contributed by atoms with E-state index in [2.05, 4.69) is 4.90 Å². The molecule has 0 amide bonds. The van der Waals surface area contributed by atoms with Gasteiger partial charge in [0.2, 0.25) is 10.0 Å². The number of nitrogens with zero attached hydrogens (tertiary/aromatic N) is 2. The van der Waals surface area contributed by atoms with E-state index in [1.807, 2.05) is 24.3 Å². The molecule has 1 aliphatic rings. The van der Waals surface area contributed by atoms with Crippen LogP contribution in [0.5, 0.6) is 11.5 Å². The van der Waals surface area contributed by atoms with Crippen LogP contribution in [-0.4, -0.2) is 58.0 Å². The van der Waals surface area contributed by atoms with Crippen LogP contribution in [0.3, 0.4) is 0 Å². The van der Waals surface area contributed by atoms with Gasteiger partial charge in [-0.1, -0.05) is 12.1 Å². The Labute approximate surface area is 161 Å². The summed E-state index contributed by atoms with van der Waals surface area (Å²) in [5.41, 5.74) is 1.90. The molecule has 27 heavy (non-hydrogen) atoms. The summed E-state index contributed by atoms with van der Waals surface area (Å²) in [4.78, 5) is 2.63. The van der Waals surface area contributed by atoms with Crippen molar-refractivity contribution in [1.29, 1.82) is 0 Å². The summed E-state index contributed by atoms with van der Waals surface area (Å²) in [5, 5.41) is 0. The molecule has 1 fully saturated rings. The summed E-state index contributed by atoms with van der Waals surface area (Å²) in [6.07, 6.45) is 0. The molecule has 0 aromatic heterocycles. The molecule has 2 aromatic carbocycles. The molecule has 0 N–H and O–H groups in total. The standard InChI is InChI=1S/C20H26N2O4S/c1-16-14-19(26-3)8-9-20(16)27(23,24)22-12-10-21(11-13-22)15-17-4-6-18(25-2)7-5-17/h4-9,14H,10-13,15H2,1-3H3. The minimum atomic E-state index is -3.49. The fourth-order valence-electron chi connectivity index (χ4n) is 3.29. The molecule has 0 atom stereocenters. The highest BCUT2D eigenvalue weighted by atomic mass is 32.2. The third-order valence-electron chi connectivity index (χ3n) is 4.90. The van der Waals surface area contributed by atoms with E-state index in [1.54, 1.807) is 43.6 Å². The fourth-order valence-corrected chi connectivity index (χ4v) is 4.92. The van der Waals surface area contributed by atoms with E-state index < -0.39 is 10.0 Å². The van der Waals surface area contributed by atoms with E-state index in [0.717, 1.165) is 12.3 Å². The number of rotatable bonds is 6. The first-order chi connectivity index (χ1) is 12.9. The molecule has 2 aromatic rings. The second-order valence-corrected chi connectivity index (χ2v) is 8.57. The number of hydrogen-bond acceptors (Lipinski definition) is 5. The van der Waals surface area contributed by atoms with Crippen molar-refractivity contribution >= 4 is 10.0 Å². The van der Waals surface area contributed by atoms with Gasteiger partial charge in [0.15, 0.2) is 0 Å². The Bertz CT molecular complexity index is 873. The zero-order valence-corrected chi connectivity index (χ0v) is 16.8. The van der Waals surface area contributed by atoms with Gasteiger partial charge in [0.05, 0.1) is 19.1 Å². The number of benzene rings is 2. The maximum absolute atomic E-state index is 13.0. The second kappa shape index (κ2) is 8.29. The highest BCUT2D eigenvalue weighted by molar-refractivity contribution is 7.89. The molecule has 1 aliphatic heterocycles. The average molecular weight is 391 g/mol. The van der Waals surface area contributed by atoms with Gasteiger partial charge in [-0.15, -0.1) is 0 Å². The molecule has 3 rings (SSSR count). The quantitative estimate of drug-likeness (QED) is 0.759. The first kappa shape index (κ1) is 19.7. The van der Waals surface area contributed by atoms with Gasteiger partial charge < -0.3 is 9.47 Å². The summed E-state index contributed by atoms with van der Waals surface area (Å²) in [6, 6.07) is 13.1. The highest BCUT2D eigenvalue weighted by Gasteiger charge is 2.29. The molecule has 0 aliphatic carbocycles. The van der Waals surface area contributed by atoms with E-state index in [9.17, 15) is 8.42 Å². The lowest BCUT2D eigenvalue weighted by atomic mass is 10.2. The van der Waals surface area contributed by atoms with Crippen LogP contribution >= 0.6 is 0 Å². The molecule has 0 unspecified atom stereocenters. The Kier molecular flexibility index (Phi) is 6.04. The zero-order valence-electron chi connectivity index (χ0n) is 16.0. The van der Waals surface area contributed by atoms with Gasteiger partial charge >= 0.3 is 0 Å². The van der Waals surface area contributed by atoms with Crippen molar-refractivity contribution < 1.29 is 17.9 Å². The molecule has 0 radical (unpaired) electrons. The molecule has 1 saturated heterocycles. The van der Waals surface area contributed by atoms with Crippen molar-refractivity contribution in [3.8, 4) is 11.5 Å². The molecule has 0 saturated carbocycles. The van der Waals surface area contributed by atoms with Crippen molar-refractivity contribution in [3.05, 3.63) is 53.6 Å². The average Bonchev–Trinajstić information content (AvgIpc) is 2.68. The number of sulfonamides is 1. The molecule has 7 heteroatoms. The topological polar surface area (TPSA) is 59.1 Å². The number of ether oxygens (including phenoxy) is 2. The minimum Gasteiger partial charge on any atom is -0.497 e. The lowest BCUT2D eigenvalue weighted by Gasteiger charge is -2.34. The fraction of sp³-hybridized carbons (Fsp3) is 0.400. The van der Waals surface area contributed by atoms with Gasteiger partial charge in [0.1, 0.15) is 11.5 Å². The van der Waals surface area contributed by atoms with Crippen molar-refractivity contribution in [1.82, 2.24) is 9.21 Å². The van der Waals surface area contributed by atoms with Crippen molar-refractivity contribution in [3.63, 3.8) is 0 Å². The Hall–Kier alpha value is -2.09. The normalized spacial score (nSPS) is 16.3. The maximum atomic E-state index is 13.0. The molecule has 1 heterocycles. The van der Waals surface area contributed by atoms with Crippen LogP contribution < -0.4 is 9.47 Å². The van der Waals surface area contributed by atoms with E-state index in [-0.39, 0.29) is 0 Å². The van der Waals surface area contributed by atoms with Gasteiger partial charge in [0, 0.05) is 32.7 Å². The Morgan fingerprint density at radius 3 is 2.04 bits per heavy atom. The van der Waals surface area contributed by atoms with Crippen LogP contribution in [-0.2, 0) is 16.6 Å². The van der Waals surface area contributed by atoms with Crippen molar-refractivity contribution in [2.75, 3.05) is 40.4 Å². The van der Waals surface area contributed by atoms with Crippen molar-refractivity contribution in [2.24, 2.45) is 0 Å².